The summed E-state index contributed by atoms with van der Waals surface area (Å²) in [6, 6.07) is 6.83. The molecule has 3 heterocycles. The molecule has 9 nitrogen and oxygen atoms in total. The number of nitrogens with zero attached hydrogens (tertiary/aromatic N) is 6. The van der Waals surface area contributed by atoms with Crippen LogP contribution in [-0.4, -0.2) is 34.6 Å². The van der Waals surface area contributed by atoms with Gasteiger partial charge in [-0.1, -0.05) is 40.5 Å². The molecule has 3 aromatic heterocycles. The number of aromatic nitrogens is 6. The lowest BCUT2D eigenvalue weighted by Crippen LogP contribution is -2.25. The fourth-order valence-corrected chi connectivity index (χ4v) is 3.06. The van der Waals surface area contributed by atoms with Crippen molar-refractivity contribution in [3.05, 3.63) is 86.9 Å². The van der Waals surface area contributed by atoms with Gasteiger partial charge in [0.1, 0.15) is 11.6 Å². The number of aliphatic hydroxyl groups excluding tert-OH is 1. The van der Waals surface area contributed by atoms with Crippen LogP contribution in [0.1, 0.15) is 23.4 Å². The largest absolute Gasteiger partial charge is 0.388 e. The van der Waals surface area contributed by atoms with Gasteiger partial charge in [-0.2, -0.15) is 10.1 Å². The summed E-state index contributed by atoms with van der Waals surface area (Å²) in [7, 11) is 0. The zero-order chi connectivity index (χ0) is 20.4. The van der Waals surface area contributed by atoms with Crippen LogP contribution in [0.4, 0.5) is 0 Å². The van der Waals surface area contributed by atoms with Gasteiger partial charge in [0.2, 0.25) is 5.89 Å². The minimum atomic E-state index is -0.817. The Morgan fingerprint density at radius 3 is 2.72 bits per heavy atom. The number of hydrogen-bond donors (Lipinski definition) is 1. The summed E-state index contributed by atoms with van der Waals surface area (Å²) in [6.07, 6.45) is 5.52. The molecule has 0 radical (unpaired) electrons. The maximum absolute atomic E-state index is 12.5. The Balaban J connectivity index is 1.48. The molecule has 148 valence electrons. The molecule has 0 aliphatic heterocycles. The van der Waals surface area contributed by atoms with E-state index in [2.05, 4.69) is 20.2 Å². The molecule has 29 heavy (non-hydrogen) atoms. The van der Waals surface area contributed by atoms with E-state index in [9.17, 15) is 9.90 Å². The standard InChI is InChI=1S/C18H14Cl2N6O3/c19-12-3-1-11(2-4-12)14(27)7-15-23-16(29-24-15)9-26-18(28)17(20)13(8-22-26)25-6-5-21-10-25/h1-6,8,10,14,27H,7,9H2/t14-/m0/s1. The molecule has 4 rings (SSSR count). The Hall–Kier alpha value is -3.01. The van der Waals surface area contributed by atoms with E-state index in [1.165, 1.54) is 12.5 Å². The molecule has 4 aromatic rings. The highest BCUT2D eigenvalue weighted by Gasteiger charge is 2.16. The summed E-state index contributed by atoms with van der Waals surface area (Å²) in [4.78, 5) is 20.6. The van der Waals surface area contributed by atoms with Gasteiger partial charge in [-0.3, -0.25) is 4.79 Å². The summed E-state index contributed by atoms with van der Waals surface area (Å²) in [5.41, 5.74) is 0.599. The highest BCUT2D eigenvalue weighted by Crippen LogP contribution is 2.19. The molecule has 0 aliphatic carbocycles. The van der Waals surface area contributed by atoms with E-state index in [4.69, 9.17) is 27.7 Å². The van der Waals surface area contributed by atoms with Gasteiger partial charge in [0.15, 0.2) is 5.82 Å². The third-order valence-electron chi connectivity index (χ3n) is 4.17. The molecule has 0 bridgehead atoms. The van der Waals surface area contributed by atoms with Crippen molar-refractivity contribution in [2.24, 2.45) is 0 Å². The third kappa shape index (κ3) is 4.21. The average molecular weight is 433 g/mol. The van der Waals surface area contributed by atoms with Crippen LogP contribution in [0.5, 0.6) is 0 Å². The first-order valence-electron chi connectivity index (χ1n) is 8.50. The van der Waals surface area contributed by atoms with Gasteiger partial charge in [-0.25, -0.2) is 9.67 Å². The predicted molar refractivity (Wildman–Crippen MR) is 104 cm³/mol. The minimum absolute atomic E-state index is 0.00380. The SMILES string of the molecule is O=c1c(Cl)c(-n2ccnc2)cnn1Cc1nc(C[C@H](O)c2ccc(Cl)cc2)no1. The molecule has 0 fully saturated rings. The third-order valence-corrected chi connectivity index (χ3v) is 4.78. The summed E-state index contributed by atoms with van der Waals surface area (Å²) in [6.45, 7) is -0.0488. The Labute approximate surface area is 174 Å². The summed E-state index contributed by atoms with van der Waals surface area (Å²) >= 11 is 12.0. The zero-order valence-electron chi connectivity index (χ0n) is 14.8. The molecule has 0 amide bonds. The van der Waals surface area contributed by atoms with Gasteiger partial charge in [0.05, 0.1) is 24.3 Å². The lowest BCUT2D eigenvalue weighted by molar-refractivity contribution is 0.174. The topological polar surface area (TPSA) is 112 Å². The van der Waals surface area contributed by atoms with Crippen molar-refractivity contribution >= 4 is 23.2 Å². The van der Waals surface area contributed by atoms with Gasteiger partial charge < -0.3 is 14.2 Å². The van der Waals surface area contributed by atoms with Crippen molar-refractivity contribution in [2.75, 3.05) is 0 Å². The molecule has 0 saturated heterocycles. The molecule has 0 unspecified atom stereocenters. The summed E-state index contributed by atoms with van der Waals surface area (Å²) < 4.78 is 7.88. The van der Waals surface area contributed by atoms with E-state index < -0.39 is 11.7 Å². The van der Waals surface area contributed by atoms with Crippen LogP contribution in [0.15, 0.2) is 58.5 Å². The molecule has 0 aliphatic rings. The van der Waals surface area contributed by atoms with Crippen molar-refractivity contribution in [1.82, 2.24) is 29.5 Å². The van der Waals surface area contributed by atoms with Crippen molar-refractivity contribution in [3.8, 4) is 5.69 Å². The van der Waals surface area contributed by atoms with Crippen LogP contribution < -0.4 is 5.56 Å². The molecule has 0 spiro atoms. The molecular formula is C18H14Cl2N6O3. The first-order chi connectivity index (χ1) is 14.0. The highest BCUT2D eigenvalue weighted by molar-refractivity contribution is 6.32. The molecular weight excluding hydrogens is 419 g/mol. The Morgan fingerprint density at radius 2 is 2.00 bits per heavy atom. The number of hydrogen-bond acceptors (Lipinski definition) is 7. The lowest BCUT2D eigenvalue weighted by Gasteiger charge is -2.08. The van der Waals surface area contributed by atoms with Crippen molar-refractivity contribution < 1.29 is 9.63 Å². The lowest BCUT2D eigenvalue weighted by atomic mass is 10.1. The Bertz CT molecular complexity index is 1170. The second kappa shape index (κ2) is 8.16. The number of rotatable bonds is 6. The quantitative estimate of drug-likeness (QED) is 0.497. The van der Waals surface area contributed by atoms with Gasteiger partial charge in [0.25, 0.3) is 5.56 Å². The van der Waals surface area contributed by atoms with E-state index in [-0.39, 0.29) is 23.9 Å². The second-order valence-corrected chi connectivity index (χ2v) is 6.97. The number of aliphatic hydroxyl groups is 1. The Kier molecular flexibility index (Phi) is 5.43. The van der Waals surface area contributed by atoms with Crippen LogP contribution in [0.3, 0.4) is 0 Å². The number of imidazole rings is 1. The van der Waals surface area contributed by atoms with Crippen LogP contribution in [-0.2, 0) is 13.0 Å². The number of benzene rings is 1. The summed E-state index contributed by atoms with van der Waals surface area (Å²) in [5.74, 6) is 0.473. The van der Waals surface area contributed by atoms with E-state index in [1.54, 1.807) is 41.2 Å². The zero-order valence-corrected chi connectivity index (χ0v) is 16.3. The highest BCUT2D eigenvalue weighted by atomic mass is 35.5. The first-order valence-corrected chi connectivity index (χ1v) is 9.26. The molecule has 11 heteroatoms. The molecule has 1 atom stereocenters. The fraction of sp³-hybridized carbons (Fsp3) is 0.167. The van der Waals surface area contributed by atoms with Crippen molar-refractivity contribution in [1.29, 1.82) is 0 Å². The van der Waals surface area contributed by atoms with Gasteiger partial charge >= 0.3 is 0 Å². The van der Waals surface area contributed by atoms with Crippen LogP contribution in [0.25, 0.3) is 5.69 Å². The first kappa shape index (κ1) is 19.3. The van der Waals surface area contributed by atoms with Crippen LogP contribution in [0.2, 0.25) is 10.0 Å². The Morgan fingerprint density at radius 1 is 1.21 bits per heavy atom. The predicted octanol–water partition coefficient (Wildman–Crippen LogP) is 2.44. The molecule has 1 aromatic carbocycles. The van der Waals surface area contributed by atoms with Gasteiger partial charge in [-0.05, 0) is 17.7 Å². The van der Waals surface area contributed by atoms with Gasteiger partial charge in [0, 0.05) is 23.8 Å². The van der Waals surface area contributed by atoms with Gasteiger partial charge in [-0.15, -0.1) is 0 Å². The maximum atomic E-state index is 12.5. The van der Waals surface area contributed by atoms with E-state index in [1.807, 2.05) is 0 Å². The van der Waals surface area contributed by atoms with Crippen LogP contribution >= 0.6 is 23.2 Å². The monoisotopic (exact) mass is 432 g/mol. The van der Waals surface area contributed by atoms with E-state index in [0.717, 1.165) is 4.68 Å². The average Bonchev–Trinajstić information content (AvgIpc) is 3.38. The number of halogens is 2. The minimum Gasteiger partial charge on any atom is -0.388 e. The molecule has 1 N–H and O–H groups in total. The van der Waals surface area contributed by atoms with Crippen molar-refractivity contribution in [2.45, 2.75) is 19.1 Å². The van der Waals surface area contributed by atoms with E-state index >= 15 is 0 Å². The fourth-order valence-electron chi connectivity index (χ4n) is 2.69. The van der Waals surface area contributed by atoms with E-state index in [0.29, 0.717) is 22.1 Å². The summed E-state index contributed by atoms with van der Waals surface area (Å²) in [5, 5.41) is 18.8. The molecule has 0 saturated carbocycles. The normalized spacial score (nSPS) is 12.2. The smallest absolute Gasteiger partial charge is 0.288 e. The maximum Gasteiger partial charge on any atom is 0.288 e. The van der Waals surface area contributed by atoms with Crippen molar-refractivity contribution in [3.63, 3.8) is 0 Å². The van der Waals surface area contributed by atoms with Crippen LogP contribution in [0, 0.1) is 0 Å². The second-order valence-electron chi connectivity index (χ2n) is 6.15.